The number of primary amides is 1. The van der Waals surface area contributed by atoms with Gasteiger partial charge >= 0.3 is 0 Å². The molecule has 0 spiro atoms. The van der Waals surface area contributed by atoms with Crippen molar-refractivity contribution in [1.82, 2.24) is 24.6 Å². The molecule has 144 valence electrons. The molecule has 1 aromatic rings. The highest BCUT2D eigenvalue weighted by Crippen LogP contribution is 2.26. The summed E-state index contributed by atoms with van der Waals surface area (Å²) in [5.74, 6) is 1.74. The largest absolute Gasteiger partial charge is 0.370 e. The van der Waals surface area contributed by atoms with Crippen molar-refractivity contribution in [3.05, 3.63) is 11.6 Å². The van der Waals surface area contributed by atoms with E-state index >= 15 is 0 Å². The Kier molecular flexibility index (Phi) is 6.24. The van der Waals surface area contributed by atoms with Crippen molar-refractivity contribution < 1.29 is 9.59 Å². The lowest BCUT2D eigenvalue weighted by Crippen LogP contribution is -2.40. The number of nitrogens with zero attached hydrogens (tertiary/aromatic N) is 5. The Balaban J connectivity index is 1.61. The average Bonchev–Trinajstić information content (AvgIpc) is 3.01. The van der Waals surface area contributed by atoms with Crippen LogP contribution in [0.5, 0.6) is 0 Å². The Hall–Kier alpha value is -1.96. The minimum Gasteiger partial charge on any atom is -0.370 e. The maximum absolute atomic E-state index is 12.3. The molecule has 0 aliphatic carbocycles. The maximum Gasteiger partial charge on any atom is 0.223 e. The molecule has 2 amide bonds. The molecule has 3 heterocycles. The highest BCUT2D eigenvalue weighted by molar-refractivity contribution is 5.82. The van der Waals surface area contributed by atoms with E-state index < -0.39 is 5.91 Å². The summed E-state index contributed by atoms with van der Waals surface area (Å²) in [4.78, 5) is 27.5. The fraction of sp³-hybridized carbons (Fsp3) is 0.778. The summed E-state index contributed by atoms with van der Waals surface area (Å²) in [7, 11) is 2.03. The number of rotatable bonds is 6. The summed E-state index contributed by atoms with van der Waals surface area (Å²) in [5, 5.41) is 8.87. The summed E-state index contributed by atoms with van der Waals surface area (Å²) in [6.45, 7) is 4.50. The standard InChI is InChI=1S/C18H30N6O2/c1-22-16(13-23-9-3-2-4-10-23)20-21-18(22)14-6-5-11-24(12-14)17(26)8-7-15(19)25/h14H,2-13H2,1H3,(H2,19,25)/t14-/m0/s1. The van der Waals surface area contributed by atoms with Crippen LogP contribution in [-0.2, 0) is 23.2 Å². The van der Waals surface area contributed by atoms with Crippen LogP contribution in [-0.4, -0.2) is 62.6 Å². The minimum absolute atomic E-state index is 0.00390. The van der Waals surface area contributed by atoms with Gasteiger partial charge in [0.15, 0.2) is 0 Å². The first kappa shape index (κ1) is 18.8. The van der Waals surface area contributed by atoms with Crippen molar-refractivity contribution in [2.75, 3.05) is 26.2 Å². The van der Waals surface area contributed by atoms with Crippen molar-refractivity contribution in [3.8, 4) is 0 Å². The van der Waals surface area contributed by atoms with Gasteiger partial charge in [0.25, 0.3) is 0 Å². The first-order valence-electron chi connectivity index (χ1n) is 9.71. The third-order valence-corrected chi connectivity index (χ3v) is 5.54. The fourth-order valence-electron chi connectivity index (χ4n) is 3.99. The van der Waals surface area contributed by atoms with Gasteiger partial charge in [-0.05, 0) is 38.8 Å². The number of likely N-dealkylation sites (tertiary alicyclic amines) is 2. The van der Waals surface area contributed by atoms with Crippen molar-refractivity contribution in [1.29, 1.82) is 0 Å². The zero-order chi connectivity index (χ0) is 18.5. The second kappa shape index (κ2) is 8.62. The molecule has 0 aromatic carbocycles. The molecule has 2 fully saturated rings. The van der Waals surface area contributed by atoms with Crippen molar-refractivity contribution in [2.24, 2.45) is 12.8 Å². The van der Waals surface area contributed by atoms with Gasteiger partial charge in [0.05, 0.1) is 6.54 Å². The van der Waals surface area contributed by atoms with Crippen LogP contribution in [0.2, 0.25) is 0 Å². The van der Waals surface area contributed by atoms with Gasteiger partial charge < -0.3 is 15.2 Å². The molecule has 3 rings (SSSR count). The van der Waals surface area contributed by atoms with E-state index in [1.54, 1.807) is 0 Å². The van der Waals surface area contributed by atoms with Crippen LogP contribution >= 0.6 is 0 Å². The molecule has 26 heavy (non-hydrogen) atoms. The average molecular weight is 362 g/mol. The summed E-state index contributed by atoms with van der Waals surface area (Å²) in [6, 6.07) is 0. The molecule has 2 aliphatic rings. The smallest absolute Gasteiger partial charge is 0.223 e. The fourth-order valence-corrected chi connectivity index (χ4v) is 3.99. The molecule has 0 radical (unpaired) electrons. The monoisotopic (exact) mass is 362 g/mol. The van der Waals surface area contributed by atoms with Gasteiger partial charge in [-0.25, -0.2) is 0 Å². The van der Waals surface area contributed by atoms with Gasteiger partial charge in [0.2, 0.25) is 11.8 Å². The number of hydrogen-bond donors (Lipinski definition) is 1. The molecule has 8 heteroatoms. The normalized spacial score (nSPS) is 21.7. The van der Waals surface area contributed by atoms with Crippen LogP contribution in [0.1, 0.15) is 62.5 Å². The SMILES string of the molecule is Cn1c(CN2CCCCC2)nnc1[C@H]1CCCN(C(=O)CCC(N)=O)C1. The summed E-state index contributed by atoms with van der Waals surface area (Å²) < 4.78 is 2.11. The summed E-state index contributed by atoms with van der Waals surface area (Å²) in [5.41, 5.74) is 5.15. The second-order valence-electron chi connectivity index (χ2n) is 7.52. The Morgan fingerprint density at radius 2 is 1.85 bits per heavy atom. The number of aromatic nitrogens is 3. The molecular formula is C18H30N6O2. The second-order valence-corrected chi connectivity index (χ2v) is 7.52. The lowest BCUT2D eigenvalue weighted by atomic mass is 9.96. The third kappa shape index (κ3) is 4.60. The van der Waals surface area contributed by atoms with E-state index in [0.29, 0.717) is 6.54 Å². The third-order valence-electron chi connectivity index (χ3n) is 5.54. The number of piperidine rings is 2. The predicted molar refractivity (Wildman–Crippen MR) is 97.1 cm³/mol. The van der Waals surface area contributed by atoms with Crippen LogP contribution in [0.25, 0.3) is 0 Å². The van der Waals surface area contributed by atoms with Crippen LogP contribution in [0.4, 0.5) is 0 Å². The quantitative estimate of drug-likeness (QED) is 0.806. The first-order chi connectivity index (χ1) is 12.5. The van der Waals surface area contributed by atoms with Gasteiger partial charge in [-0.3, -0.25) is 14.5 Å². The van der Waals surface area contributed by atoms with Crippen molar-refractivity contribution in [2.45, 2.75) is 57.4 Å². The first-order valence-corrected chi connectivity index (χ1v) is 9.71. The van der Waals surface area contributed by atoms with Gasteiger partial charge in [0.1, 0.15) is 11.6 Å². The van der Waals surface area contributed by atoms with Gasteiger partial charge in [-0.2, -0.15) is 0 Å². The van der Waals surface area contributed by atoms with Crippen molar-refractivity contribution >= 4 is 11.8 Å². The number of carbonyl (C=O) groups is 2. The molecule has 8 nitrogen and oxygen atoms in total. The molecule has 1 aromatic heterocycles. The van der Waals surface area contributed by atoms with Crippen LogP contribution in [0.15, 0.2) is 0 Å². The van der Waals surface area contributed by atoms with Gasteiger partial charge in [0, 0.05) is 38.9 Å². The van der Waals surface area contributed by atoms with E-state index in [9.17, 15) is 9.59 Å². The molecule has 0 unspecified atom stereocenters. The van der Waals surface area contributed by atoms with Gasteiger partial charge in [-0.15, -0.1) is 10.2 Å². The summed E-state index contributed by atoms with van der Waals surface area (Å²) >= 11 is 0. The molecule has 0 bridgehead atoms. The highest BCUT2D eigenvalue weighted by atomic mass is 16.2. The van der Waals surface area contributed by atoms with Gasteiger partial charge in [-0.1, -0.05) is 6.42 Å². The number of nitrogens with two attached hydrogens (primary N) is 1. The molecule has 1 atom stereocenters. The minimum atomic E-state index is -0.428. The Morgan fingerprint density at radius 1 is 1.08 bits per heavy atom. The van der Waals surface area contributed by atoms with Crippen LogP contribution in [0.3, 0.4) is 0 Å². The Morgan fingerprint density at radius 3 is 2.58 bits per heavy atom. The number of amides is 2. The number of hydrogen-bond acceptors (Lipinski definition) is 5. The van der Waals surface area contributed by atoms with E-state index in [1.165, 1.54) is 19.3 Å². The van der Waals surface area contributed by atoms with E-state index in [-0.39, 0.29) is 24.7 Å². The zero-order valence-corrected chi connectivity index (χ0v) is 15.7. The van der Waals surface area contributed by atoms with E-state index in [0.717, 1.165) is 50.7 Å². The zero-order valence-electron chi connectivity index (χ0n) is 15.7. The Bertz CT molecular complexity index is 638. The van der Waals surface area contributed by atoms with Crippen LogP contribution in [0, 0.1) is 0 Å². The van der Waals surface area contributed by atoms with Crippen LogP contribution < -0.4 is 5.73 Å². The highest BCUT2D eigenvalue weighted by Gasteiger charge is 2.28. The van der Waals surface area contributed by atoms with E-state index in [4.69, 9.17) is 5.73 Å². The molecule has 0 saturated carbocycles. The summed E-state index contributed by atoms with van der Waals surface area (Å²) in [6.07, 6.45) is 6.11. The van der Waals surface area contributed by atoms with Crippen molar-refractivity contribution in [3.63, 3.8) is 0 Å². The maximum atomic E-state index is 12.3. The molecular weight excluding hydrogens is 332 g/mol. The molecule has 2 aliphatic heterocycles. The van der Waals surface area contributed by atoms with E-state index in [2.05, 4.69) is 19.7 Å². The number of carbonyl (C=O) groups excluding carboxylic acids is 2. The molecule has 2 N–H and O–H groups in total. The van der Waals surface area contributed by atoms with E-state index in [1.807, 2.05) is 11.9 Å². The predicted octanol–water partition coefficient (Wildman–Crippen LogP) is 0.773. The molecule has 2 saturated heterocycles. The topological polar surface area (TPSA) is 97.3 Å². The lowest BCUT2D eigenvalue weighted by Gasteiger charge is -2.32. The lowest BCUT2D eigenvalue weighted by molar-refractivity contribution is -0.134. The Labute approximate surface area is 154 Å².